The summed E-state index contributed by atoms with van der Waals surface area (Å²) in [7, 11) is 0. The minimum absolute atomic E-state index is 0.0440. The molecule has 0 saturated carbocycles. The number of unbranched alkanes of at least 4 members (excludes halogenated alkanes) is 1. The highest BCUT2D eigenvalue weighted by Gasteiger charge is 2.42. The van der Waals surface area contributed by atoms with Gasteiger partial charge >= 0.3 is 0 Å². The van der Waals surface area contributed by atoms with E-state index in [1.165, 1.54) is 0 Å². The minimum atomic E-state index is -0.900. The zero-order valence-corrected chi connectivity index (χ0v) is 16.0. The van der Waals surface area contributed by atoms with Gasteiger partial charge in [-0.15, -0.1) is 0 Å². The molecule has 2 aliphatic rings. The number of benzene rings is 1. The van der Waals surface area contributed by atoms with Crippen LogP contribution in [0.2, 0.25) is 0 Å². The first kappa shape index (κ1) is 19.2. The standard InChI is InChI=1S/C20H27N3O4/c1-3-4-10-21-17(24)13-23-11-9-20(8-7-18(23)25)22-19(26)15-12-14(2)5-6-16(15)27-20/h5-6,12H,3-4,7-11,13H2,1-2H3,(H,21,24)(H,22,26)/t20-/m1/s1. The summed E-state index contributed by atoms with van der Waals surface area (Å²) in [6.07, 6.45) is 2.98. The van der Waals surface area contributed by atoms with Crippen molar-refractivity contribution in [1.29, 1.82) is 0 Å². The number of amides is 3. The lowest BCUT2D eigenvalue weighted by Gasteiger charge is -2.38. The molecule has 0 aliphatic carbocycles. The second kappa shape index (κ2) is 7.98. The second-order valence-electron chi connectivity index (χ2n) is 7.32. The van der Waals surface area contributed by atoms with E-state index >= 15 is 0 Å². The van der Waals surface area contributed by atoms with E-state index in [1.807, 2.05) is 13.0 Å². The van der Waals surface area contributed by atoms with E-state index in [4.69, 9.17) is 4.74 Å². The molecule has 1 spiro atoms. The molecule has 3 amide bonds. The molecule has 1 aromatic rings. The summed E-state index contributed by atoms with van der Waals surface area (Å²) in [4.78, 5) is 38.6. The molecule has 1 saturated heterocycles. The fourth-order valence-corrected chi connectivity index (χ4v) is 3.48. The average molecular weight is 373 g/mol. The van der Waals surface area contributed by atoms with Gasteiger partial charge in [-0.05, 0) is 25.5 Å². The van der Waals surface area contributed by atoms with Crippen molar-refractivity contribution in [1.82, 2.24) is 15.5 Å². The van der Waals surface area contributed by atoms with Crippen LogP contribution in [0.25, 0.3) is 0 Å². The molecule has 7 nitrogen and oxygen atoms in total. The summed E-state index contributed by atoms with van der Waals surface area (Å²) in [6.45, 7) is 5.01. The number of likely N-dealkylation sites (tertiary alicyclic amines) is 1. The van der Waals surface area contributed by atoms with E-state index in [2.05, 4.69) is 17.6 Å². The number of carbonyl (C=O) groups excluding carboxylic acids is 3. The summed E-state index contributed by atoms with van der Waals surface area (Å²) < 4.78 is 6.14. The molecular formula is C20H27N3O4. The Kier molecular flexibility index (Phi) is 5.68. The number of nitrogens with zero attached hydrogens (tertiary/aromatic N) is 1. The molecule has 0 aromatic heterocycles. The van der Waals surface area contributed by atoms with Crippen molar-refractivity contribution in [2.75, 3.05) is 19.6 Å². The third kappa shape index (κ3) is 4.40. The van der Waals surface area contributed by atoms with Gasteiger partial charge in [-0.2, -0.15) is 0 Å². The number of aryl methyl sites for hydroxylation is 1. The number of rotatable bonds is 5. The van der Waals surface area contributed by atoms with Gasteiger partial charge in [0.25, 0.3) is 5.91 Å². The first-order valence-electron chi connectivity index (χ1n) is 9.59. The summed E-state index contributed by atoms with van der Waals surface area (Å²) in [5.41, 5.74) is 0.603. The van der Waals surface area contributed by atoms with Crippen LogP contribution in [0.5, 0.6) is 5.75 Å². The summed E-state index contributed by atoms with van der Waals surface area (Å²) in [6, 6.07) is 5.50. The Morgan fingerprint density at radius 3 is 2.93 bits per heavy atom. The lowest BCUT2D eigenvalue weighted by molar-refractivity contribution is -0.135. The van der Waals surface area contributed by atoms with Crippen molar-refractivity contribution in [2.24, 2.45) is 0 Å². The number of carbonyl (C=O) groups is 3. The van der Waals surface area contributed by atoms with Gasteiger partial charge in [0.2, 0.25) is 11.8 Å². The molecule has 2 N–H and O–H groups in total. The molecule has 3 rings (SSSR count). The highest BCUT2D eigenvalue weighted by atomic mass is 16.5. The molecule has 1 fully saturated rings. The molecule has 146 valence electrons. The van der Waals surface area contributed by atoms with Gasteiger partial charge in [-0.3, -0.25) is 14.4 Å². The molecule has 27 heavy (non-hydrogen) atoms. The average Bonchev–Trinajstić information content (AvgIpc) is 2.77. The van der Waals surface area contributed by atoms with Crippen LogP contribution in [0.15, 0.2) is 18.2 Å². The number of hydrogen-bond acceptors (Lipinski definition) is 4. The van der Waals surface area contributed by atoms with E-state index in [0.717, 1.165) is 18.4 Å². The number of fused-ring (bicyclic) bond motifs is 1. The second-order valence-corrected chi connectivity index (χ2v) is 7.32. The van der Waals surface area contributed by atoms with Crippen molar-refractivity contribution >= 4 is 17.7 Å². The van der Waals surface area contributed by atoms with Crippen molar-refractivity contribution in [3.05, 3.63) is 29.3 Å². The van der Waals surface area contributed by atoms with Gasteiger partial charge in [0, 0.05) is 32.4 Å². The van der Waals surface area contributed by atoms with Gasteiger partial charge < -0.3 is 20.3 Å². The zero-order chi connectivity index (χ0) is 19.4. The van der Waals surface area contributed by atoms with Crippen molar-refractivity contribution in [3.63, 3.8) is 0 Å². The monoisotopic (exact) mass is 373 g/mol. The number of nitrogens with one attached hydrogen (secondary N) is 2. The molecule has 1 atom stereocenters. The van der Waals surface area contributed by atoms with Crippen LogP contribution in [-0.2, 0) is 9.59 Å². The van der Waals surface area contributed by atoms with Crippen LogP contribution in [-0.4, -0.2) is 48.0 Å². The lowest BCUT2D eigenvalue weighted by Crippen LogP contribution is -2.56. The summed E-state index contributed by atoms with van der Waals surface area (Å²) >= 11 is 0. The molecular weight excluding hydrogens is 346 g/mol. The van der Waals surface area contributed by atoms with Crippen molar-refractivity contribution in [2.45, 2.75) is 51.7 Å². The first-order valence-corrected chi connectivity index (χ1v) is 9.59. The van der Waals surface area contributed by atoms with Gasteiger partial charge in [0.15, 0.2) is 5.72 Å². The quantitative estimate of drug-likeness (QED) is 0.770. The van der Waals surface area contributed by atoms with E-state index in [1.54, 1.807) is 17.0 Å². The summed E-state index contributed by atoms with van der Waals surface area (Å²) in [5.74, 6) is 0.118. The lowest BCUT2D eigenvalue weighted by atomic mass is 9.99. The van der Waals surface area contributed by atoms with Gasteiger partial charge in [0.1, 0.15) is 5.75 Å². The SMILES string of the molecule is CCCCNC(=O)CN1CC[C@]2(CCC1=O)NC(=O)c1cc(C)ccc1O2. The Morgan fingerprint density at radius 2 is 2.15 bits per heavy atom. The van der Waals surface area contributed by atoms with Crippen LogP contribution in [0, 0.1) is 6.92 Å². The Labute approximate surface area is 159 Å². The predicted molar refractivity (Wildman–Crippen MR) is 100 cm³/mol. The smallest absolute Gasteiger partial charge is 0.258 e. The first-order chi connectivity index (χ1) is 12.9. The fraction of sp³-hybridized carbons (Fsp3) is 0.550. The Balaban J connectivity index is 1.67. The molecule has 2 heterocycles. The highest BCUT2D eigenvalue weighted by molar-refractivity contribution is 5.98. The largest absolute Gasteiger partial charge is 0.467 e. The minimum Gasteiger partial charge on any atom is -0.467 e. The van der Waals surface area contributed by atoms with Crippen LogP contribution in [0.3, 0.4) is 0 Å². The topological polar surface area (TPSA) is 87.7 Å². The third-order valence-electron chi connectivity index (χ3n) is 5.09. The molecule has 7 heteroatoms. The van der Waals surface area contributed by atoms with E-state index < -0.39 is 5.72 Å². The van der Waals surface area contributed by atoms with E-state index in [-0.39, 0.29) is 30.7 Å². The Hall–Kier alpha value is -2.57. The molecule has 1 aromatic carbocycles. The van der Waals surface area contributed by atoms with E-state index in [0.29, 0.717) is 37.2 Å². The molecule has 0 bridgehead atoms. The molecule has 0 unspecified atom stereocenters. The molecule has 0 radical (unpaired) electrons. The maximum Gasteiger partial charge on any atom is 0.258 e. The third-order valence-corrected chi connectivity index (χ3v) is 5.09. The number of hydrogen-bond donors (Lipinski definition) is 2. The van der Waals surface area contributed by atoms with Crippen molar-refractivity contribution in [3.8, 4) is 5.75 Å². The maximum atomic E-state index is 12.6. The fourth-order valence-electron chi connectivity index (χ4n) is 3.48. The van der Waals surface area contributed by atoms with Crippen LogP contribution in [0.1, 0.15) is 54.9 Å². The summed E-state index contributed by atoms with van der Waals surface area (Å²) in [5, 5.41) is 5.79. The molecule has 2 aliphatic heterocycles. The maximum absolute atomic E-state index is 12.6. The number of ether oxygens (including phenoxy) is 1. The van der Waals surface area contributed by atoms with Gasteiger partial charge in [-0.1, -0.05) is 25.0 Å². The zero-order valence-electron chi connectivity index (χ0n) is 16.0. The predicted octanol–water partition coefficient (Wildman–Crippen LogP) is 1.74. The highest BCUT2D eigenvalue weighted by Crippen LogP contribution is 2.34. The van der Waals surface area contributed by atoms with Crippen LogP contribution >= 0.6 is 0 Å². The van der Waals surface area contributed by atoms with Crippen LogP contribution < -0.4 is 15.4 Å². The van der Waals surface area contributed by atoms with Crippen molar-refractivity contribution < 1.29 is 19.1 Å². The normalized spacial score (nSPS) is 21.9. The van der Waals surface area contributed by atoms with Crippen LogP contribution in [0.4, 0.5) is 0 Å². The van der Waals surface area contributed by atoms with Gasteiger partial charge in [0.05, 0.1) is 12.1 Å². The van der Waals surface area contributed by atoms with E-state index in [9.17, 15) is 14.4 Å². The van der Waals surface area contributed by atoms with Gasteiger partial charge in [-0.25, -0.2) is 0 Å². The Bertz CT molecular complexity index is 749. The Morgan fingerprint density at radius 1 is 1.33 bits per heavy atom.